The van der Waals surface area contributed by atoms with Gasteiger partial charge in [0.1, 0.15) is 5.75 Å². The number of hydrogen-bond donors (Lipinski definition) is 2. The van der Waals surface area contributed by atoms with Gasteiger partial charge < -0.3 is 4.74 Å². The lowest BCUT2D eigenvalue weighted by Crippen LogP contribution is -2.15. The highest BCUT2D eigenvalue weighted by molar-refractivity contribution is 7.92. The van der Waals surface area contributed by atoms with E-state index in [4.69, 9.17) is 4.74 Å². The summed E-state index contributed by atoms with van der Waals surface area (Å²) < 4.78 is 31.4. The van der Waals surface area contributed by atoms with Gasteiger partial charge in [-0.3, -0.25) is 14.7 Å². The topological polar surface area (TPSA) is 113 Å². The van der Waals surface area contributed by atoms with Crippen LogP contribution in [0.3, 0.4) is 0 Å². The van der Waals surface area contributed by atoms with Gasteiger partial charge in [-0.15, -0.1) is 0 Å². The Kier molecular flexibility index (Phi) is 5.23. The van der Waals surface area contributed by atoms with Gasteiger partial charge in [-0.2, -0.15) is 10.1 Å². The minimum atomic E-state index is -3.35. The van der Waals surface area contributed by atoms with Crippen LogP contribution in [-0.2, 0) is 10.0 Å². The predicted molar refractivity (Wildman–Crippen MR) is 116 cm³/mol. The summed E-state index contributed by atoms with van der Waals surface area (Å²) in [6, 6.07) is 14.5. The van der Waals surface area contributed by atoms with Crippen molar-refractivity contribution in [1.29, 1.82) is 0 Å². The number of aromatic amines is 1. The minimum Gasteiger partial charge on any atom is -0.497 e. The van der Waals surface area contributed by atoms with Crippen LogP contribution in [0, 0.1) is 0 Å². The molecule has 2 aromatic heterocycles. The number of sulfonamides is 1. The first kappa shape index (κ1) is 19.6. The molecule has 0 radical (unpaired) electrons. The number of ether oxygens (including phenoxy) is 1. The maximum Gasteiger partial charge on any atom is 0.236 e. The Hall–Kier alpha value is -3.66. The third-order valence-corrected chi connectivity index (χ3v) is 5.79. The van der Waals surface area contributed by atoms with E-state index in [1.54, 1.807) is 50.7 Å². The molecule has 30 heavy (non-hydrogen) atoms. The van der Waals surface area contributed by atoms with Crippen molar-refractivity contribution >= 4 is 44.1 Å². The summed E-state index contributed by atoms with van der Waals surface area (Å²) in [6.07, 6.45) is 3.35. The van der Waals surface area contributed by atoms with E-state index < -0.39 is 10.0 Å². The van der Waals surface area contributed by atoms with Crippen LogP contribution in [0.1, 0.15) is 6.92 Å². The third kappa shape index (κ3) is 4.03. The lowest BCUT2D eigenvalue weighted by Gasteiger charge is -2.23. The van der Waals surface area contributed by atoms with Gasteiger partial charge in [-0.25, -0.2) is 13.4 Å². The van der Waals surface area contributed by atoms with Crippen molar-refractivity contribution in [3.8, 4) is 5.75 Å². The maximum absolute atomic E-state index is 11.8. The molecular weight excluding hydrogens is 404 g/mol. The molecule has 154 valence electrons. The second-order valence-corrected chi connectivity index (χ2v) is 8.44. The van der Waals surface area contributed by atoms with E-state index >= 15 is 0 Å². The average Bonchev–Trinajstić information content (AvgIpc) is 3.23. The van der Waals surface area contributed by atoms with E-state index in [9.17, 15) is 8.42 Å². The van der Waals surface area contributed by atoms with Gasteiger partial charge in [-0.1, -0.05) is 0 Å². The first-order chi connectivity index (χ1) is 14.5. The zero-order valence-electron chi connectivity index (χ0n) is 16.4. The van der Waals surface area contributed by atoms with Crippen LogP contribution < -0.4 is 14.4 Å². The molecule has 0 aliphatic carbocycles. The first-order valence-electron chi connectivity index (χ1n) is 9.20. The average molecular weight is 424 g/mol. The third-order valence-electron chi connectivity index (χ3n) is 4.49. The summed E-state index contributed by atoms with van der Waals surface area (Å²) in [7, 11) is -1.74. The number of hydrogen-bond acceptors (Lipinski definition) is 7. The Bertz CT molecular complexity index is 1250. The Morgan fingerprint density at radius 3 is 2.33 bits per heavy atom. The number of rotatable bonds is 7. The molecule has 4 aromatic rings. The molecule has 0 bridgehead atoms. The minimum absolute atomic E-state index is 0.00472. The highest BCUT2D eigenvalue weighted by Gasteiger charge is 2.17. The molecule has 2 aromatic carbocycles. The van der Waals surface area contributed by atoms with E-state index in [0.29, 0.717) is 17.3 Å². The Labute approximate surface area is 173 Å². The van der Waals surface area contributed by atoms with Crippen molar-refractivity contribution in [2.45, 2.75) is 6.92 Å². The van der Waals surface area contributed by atoms with E-state index in [1.165, 1.54) is 0 Å². The van der Waals surface area contributed by atoms with E-state index in [-0.39, 0.29) is 5.75 Å². The Balaban J connectivity index is 1.76. The largest absolute Gasteiger partial charge is 0.497 e. The number of aromatic nitrogens is 4. The summed E-state index contributed by atoms with van der Waals surface area (Å²) in [6.45, 7) is 1.59. The SMILES string of the molecule is CCS(=O)(=O)Nc1ccc(N(c2ccc(OC)cc2)c2ncc3cn[nH]c3n2)cc1. The van der Waals surface area contributed by atoms with Gasteiger partial charge in [0, 0.05) is 23.3 Å². The summed E-state index contributed by atoms with van der Waals surface area (Å²) in [5, 5.41) is 7.65. The number of anilines is 4. The molecule has 0 atom stereocenters. The molecule has 0 fully saturated rings. The standard InChI is InChI=1S/C20H20N6O3S/c1-3-30(27,28)25-15-4-6-16(7-5-15)26(17-8-10-18(29-2)11-9-17)20-21-12-14-13-22-24-19(14)23-20/h4-13,25H,3H2,1-2H3,(H,21,22,23,24). The maximum atomic E-state index is 11.8. The van der Waals surface area contributed by atoms with Crippen LogP contribution >= 0.6 is 0 Å². The fourth-order valence-electron chi connectivity index (χ4n) is 2.88. The van der Waals surface area contributed by atoms with Gasteiger partial charge in [0.15, 0.2) is 5.65 Å². The van der Waals surface area contributed by atoms with Crippen LogP contribution in [0.2, 0.25) is 0 Å². The van der Waals surface area contributed by atoms with Gasteiger partial charge in [0.2, 0.25) is 16.0 Å². The number of nitrogens with zero attached hydrogens (tertiary/aromatic N) is 4. The molecule has 0 unspecified atom stereocenters. The number of nitrogens with one attached hydrogen (secondary N) is 2. The van der Waals surface area contributed by atoms with Crippen molar-refractivity contribution in [3.05, 3.63) is 60.9 Å². The molecule has 0 spiro atoms. The van der Waals surface area contributed by atoms with Gasteiger partial charge in [0.25, 0.3) is 0 Å². The lowest BCUT2D eigenvalue weighted by atomic mass is 10.2. The van der Waals surface area contributed by atoms with Gasteiger partial charge in [-0.05, 0) is 55.5 Å². The molecule has 0 saturated heterocycles. The number of benzene rings is 2. The molecule has 0 aliphatic heterocycles. The fraction of sp³-hybridized carbons (Fsp3) is 0.150. The quantitative estimate of drug-likeness (QED) is 0.466. The number of methoxy groups -OCH3 is 1. The van der Waals surface area contributed by atoms with Crippen LogP contribution in [0.15, 0.2) is 60.9 Å². The van der Waals surface area contributed by atoms with Crippen molar-refractivity contribution in [2.24, 2.45) is 0 Å². The van der Waals surface area contributed by atoms with Crippen LogP contribution in [-0.4, -0.2) is 41.4 Å². The highest BCUT2D eigenvalue weighted by Crippen LogP contribution is 2.34. The summed E-state index contributed by atoms with van der Waals surface area (Å²) >= 11 is 0. The predicted octanol–water partition coefficient (Wildman–Crippen LogP) is 3.59. The van der Waals surface area contributed by atoms with E-state index in [1.807, 2.05) is 29.2 Å². The molecule has 10 heteroatoms. The normalized spacial score (nSPS) is 11.4. The summed E-state index contributed by atoms with van der Waals surface area (Å²) in [5.74, 6) is 1.18. The molecule has 0 saturated carbocycles. The number of H-pyrrole nitrogens is 1. The van der Waals surface area contributed by atoms with E-state index in [2.05, 4.69) is 24.9 Å². The summed E-state index contributed by atoms with van der Waals surface area (Å²) in [4.78, 5) is 10.9. The van der Waals surface area contributed by atoms with Crippen molar-refractivity contribution in [3.63, 3.8) is 0 Å². The number of fused-ring (bicyclic) bond motifs is 1. The zero-order valence-corrected chi connectivity index (χ0v) is 17.2. The fourth-order valence-corrected chi connectivity index (χ4v) is 3.52. The molecule has 4 rings (SSSR count). The molecular formula is C20H20N6O3S. The van der Waals surface area contributed by atoms with Gasteiger partial charge in [0.05, 0.1) is 24.4 Å². The molecule has 2 heterocycles. The van der Waals surface area contributed by atoms with Crippen molar-refractivity contribution in [1.82, 2.24) is 20.2 Å². The van der Waals surface area contributed by atoms with Crippen molar-refractivity contribution in [2.75, 3.05) is 22.5 Å². The lowest BCUT2D eigenvalue weighted by molar-refractivity contribution is 0.415. The molecule has 9 nitrogen and oxygen atoms in total. The monoisotopic (exact) mass is 424 g/mol. The van der Waals surface area contributed by atoms with Gasteiger partial charge >= 0.3 is 0 Å². The summed E-state index contributed by atoms with van der Waals surface area (Å²) in [5.41, 5.74) is 2.68. The molecule has 2 N–H and O–H groups in total. The molecule has 0 amide bonds. The smallest absolute Gasteiger partial charge is 0.236 e. The first-order valence-corrected chi connectivity index (χ1v) is 10.8. The highest BCUT2D eigenvalue weighted by atomic mass is 32.2. The Morgan fingerprint density at radius 2 is 1.70 bits per heavy atom. The molecule has 0 aliphatic rings. The Morgan fingerprint density at radius 1 is 1.03 bits per heavy atom. The van der Waals surface area contributed by atoms with Crippen molar-refractivity contribution < 1.29 is 13.2 Å². The van der Waals surface area contributed by atoms with E-state index in [0.717, 1.165) is 22.5 Å². The van der Waals surface area contributed by atoms with Crippen LogP contribution in [0.5, 0.6) is 5.75 Å². The zero-order chi connectivity index (χ0) is 21.1. The second-order valence-electron chi connectivity index (χ2n) is 6.43. The van der Waals surface area contributed by atoms with Crippen LogP contribution in [0.4, 0.5) is 23.0 Å². The second kappa shape index (κ2) is 7.99. The van der Waals surface area contributed by atoms with Crippen LogP contribution in [0.25, 0.3) is 11.0 Å².